The summed E-state index contributed by atoms with van der Waals surface area (Å²) in [5, 5.41) is 1.78. The predicted octanol–water partition coefficient (Wildman–Crippen LogP) is 3.12. The Hall–Kier alpha value is -1.24. The number of benzene rings is 1. The van der Waals surface area contributed by atoms with Crippen molar-refractivity contribution in [1.82, 2.24) is 9.88 Å². The fourth-order valence-corrected chi connectivity index (χ4v) is 2.98. The number of hydrogen-bond donors (Lipinski definition) is 0. The highest BCUT2D eigenvalue weighted by Gasteiger charge is 2.26. The largest absolute Gasteiger partial charge is 0.370 e. The number of hydrogen-bond acceptors (Lipinski definition) is 4. The molecule has 1 aromatic heterocycles. The zero-order valence-corrected chi connectivity index (χ0v) is 13.1. The molecule has 2 aromatic rings. The van der Waals surface area contributed by atoms with Crippen LogP contribution in [0.1, 0.15) is 22.2 Å². The molecule has 1 aliphatic heterocycles. The molecule has 1 unspecified atom stereocenters. The van der Waals surface area contributed by atoms with Crippen LogP contribution < -0.4 is 0 Å². The Balaban J connectivity index is 1.73. The van der Waals surface area contributed by atoms with Gasteiger partial charge in [-0.05, 0) is 17.7 Å². The summed E-state index contributed by atoms with van der Waals surface area (Å²) in [5.41, 5.74) is 3.29. The van der Waals surface area contributed by atoms with E-state index in [0.29, 0.717) is 25.4 Å². The van der Waals surface area contributed by atoms with Crippen molar-refractivity contribution < 1.29 is 9.53 Å². The Bertz CT molecular complexity index is 586. The first-order chi connectivity index (χ1) is 9.74. The summed E-state index contributed by atoms with van der Waals surface area (Å²) >= 11 is 4.85. The summed E-state index contributed by atoms with van der Waals surface area (Å²) in [7, 11) is 0. The van der Waals surface area contributed by atoms with Crippen LogP contribution in [-0.4, -0.2) is 35.5 Å². The minimum Gasteiger partial charge on any atom is -0.370 e. The van der Waals surface area contributed by atoms with Gasteiger partial charge in [0.05, 0.1) is 18.7 Å². The van der Waals surface area contributed by atoms with Crippen LogP contribution in [0.2, 0.25) is 0 Å². The van der Waals surface area contributed by atoms with E-state index < -0.39 is 0 Å². The molecule has 1 atom stereocenters. The monoisotopic (exact) mass is 352 g/mol. The van der Waals surface area contributed by atoms with E-state index in [0.717, 1.165) is 10.0 Å². The lowest BCUT2D eigenvalue weighted by Crippen LogP contribution is -2.42. The SMILES string of the molecule is O=C(c1cscn1)N1CCOC(c2ccc(Br)cc2)C1. The lowest BCUT2D eigenvalue weighted by Gasteiger charge is -2.32. The summed E-state index contributed by atoms with van der Waals surface area (Å²) < 4.78 is 6.81. The molecule has 1 aliphatic rings. The van der Waals surface area contributed by atoms with Crippen molar-refractivity contribution in [3.05, 3.63) is 50.9 Å². The Labute approximate surface area is 129 Å². The van der Waals surface area contributed by atoms with Crippen molar-refractivity contribution in [2.24, 2.45) is 0 Å². The number of morpholine rings is 1. The fraction of sp³-hybridized carbons (Fsp3) is 0.286. The molecule has 0 saturated carbocycles. The molecule has 2 heterocycles. The van der Waals surface area contributed by atoms with E-state index in [1.165, 1.54) is 11.3 Å². The van der Waals surface area contributed by atoms with E-state index in [2.05, 4.69) is 20.9 Å². The lowest BCUT2D eigenvalue weighted by atomic mass is 10.1. The minimum atomic E-state index is -0.0700. The molecular formula is C14H13BrN2O2S. The highest BCUT2D eigenvalue weighted by molar-refractivity contribution is 9.10. The van der Waals surface area contributed by atoms with Gasteiger partial charge in [-0.1, -0.05) is 28.1 Å². The fourth-order valence-electron chi connectivity index (χ4n) is 2.19. The van der Waals surface area contributed by atoms with E-state index in [1.54, 1.807) is 10.9 Å². The Morgan fingerprint density at radius 2 is 2.20 bits per heavy atom. The van der Waals surface area contributed by atoms with Gasteiger partial charge in [-0.2, -0.15) is 0 Å². The first-order valence-corrected chi connectivity index (χ1v) is 8.02. The summed E-state index contributed by atoms with van der Waals surface area (Å²) in [6.45, 7) is 1.73. The van der Waals surface area contributed by atoms with Gasteiger partial charge in [0.15, 0.2) is 0 Å². The van der Waals surface area contributed by atoms with Crippen LogP contribution in [0.5, 0.6) is 0 Å². The lowest BCUT2D eigenvalue weighted by molar-refractivity contribution is -0.0229. The summed E-state index contributed by atoms with van der Waals surface area (Å²) in [6.07, 6.45) is -0.0700. The number of carbonyl (C=O) groups is 1. The van der Waals surface area contributed by atoms with E-state index in [9.17, 15) is 4.79 Å². The molecule has 0 N–H and O–H groups in total. The van der Waals surface area contributed by atoms with Crippen LogP contribution >= 0.6 is 27.3 Å². The van der Waals surface area contributed by atoms with Crippen LogP contribution in [0.4, 0.5) is 0 Å². The molecule has 1 saturated heterocycles. The number of carbonyl (C=O) groups excluding carboxylic acids is 1. The van der Waals surface area contributed by atoms with Gasteiger partial charge in [0.2, 0.25) is 0 Å². The Morgan fingerprint density at radius 3 is 2.90 bits per heavy atom. The molecule has 20 heavy (non-hydrogen) atoms. The zero-order chi connectivity index (χ0) is 13.9. The van der Waals surface area contributed by atoms with Crippen molar-refractivity contribution in [3.8, 4) is 0 Å². The predicted molar refractivity (Wildman–Crippen MR) is 80.9 cm³/mol. The number of nitrogens with zero attached hydrogens (tertiary/aromatic N) is 2. The first-order valence-electron chi connectivity index (χ1n) is 6.28. The Kier molecular flexibility index (Phi) is 4.14. The quantitative estimate of drug-likeness (QED) is 0.833. The third-order valence-corrected chi connectivity index (χ3v) is 4.36. The second kappa shape index (κ2) is 6.03. The van der Waals surface area contributed by atoms with Crippen molar-refractivity contribution >= 4 is 33.2 Å². The van der Waals surface area contributed by atoms with Gasteiger partial charge in [0.1, 0.15) is 11.8 Å². The molecule has 0 radical (unpaired) electrons. The van der Waals surface area contributed by atoms with Crippen molar-refractivity contribution in [3.63, 3.8) is 0 Å². The van der Waals surface area contributed by atoms with E-state index in [1.807, 2.05) is 29.2 Å². The van der Waals surface area contributed by atoms with Crippen LogP contribution in [0, 0.1) is 0 Å². The number of thiazole rings is 1. The molecule has 1 fully saturated rings. The van der Waals surface area contributed by atoms with Crippen molar-refractivity contribution in [2.75, 3.05) is 19.7 Å². The molecular weight excluding hydrogens is 340 g/mol. The second-order valence-corrected chi connectivity index (χ2v) is 6.17. The van der Waals surface area contributed by atoms with Crippen molar-refractivity contribution in [1.29, 1.82) is 0 Å². The summed E-state index contributed by atoms with van der Waals surface area (Å²) in [4.78, 5) is 18.2. The van der Waals surface area contributed by atoms with Crippen LogP contribution in [0.15, 0.2) is 39.6 Å². The number of rotatable bonds is 2. The normalized spacial score (nSPS) is 19.1. The van der Waals surface area contributed by atoms with Crippen LogP contribution in [-0.2, 0) is 4.74 Å². The smallest absolute Gasteiger partial charge is 0.273 e. The molecule has 6 heteroatoms. The number of halogens is 1. The molecule has 1 aromatic carbocycles. The van der Waals surface area contributed by atoms with Gasteiger partial charge in [-0.3, -0.25) is 4.79 Å². The maximum Gasteiger partial charge on any atom is 0.273 e. The molecule has 4 nitrogen and oxygen atoms in total. The standard InChI is InChI=1S/C14H13BrN2O2S/c15-11-3-1-10(2-4-11)13-7-17(5-6-19-13)14(18)12-8-20-9-16-12/h1-4,8-9,13H,5-7H2. The molecule has 0 spiro atoms. The number of aromatic nitrogens is 1. The molecule has 3 rings (SSSR count). The third-order valence-electron chi connectivity index (χ3n) is 3.25. The number of amides is 1. The molecule has 104 valence electrons. The van der Waals surface area contributed by atoms with Gasteiger partial charge in [-0.25, -0.2) is 4.98 Å². The van der Waals surface area contributed by atoms with Crippen molar-refractivity contribution in [2.45, 2.75) is 6.10 Å². The highest BCUT2D eigenvalue weighted by Crippen LogP contribution is 2.24. The summed E-state index contributed by atoms with van der Waals surface area (Å²) in [5.74, 6) is -0.0170. The first kappa shape index (κ1) is 13.7. The topological polar surface area (TPSA) is 42.4 Å². The zero-order valence-electron chi connectivity index (χ0n) is 10.7. The molecule has 1 amide bonds. The molecule has 0 bridgehead atoms. The van der Waals surface area contributed by atoms with Crippen LogP contribution in [0.3, 0.4) is 0 Å². The van der Waals surface area contributed by atoms with Gasteiger partial charge in [0, 0.05) is 16.4 Å². The van der Waals surface area contributed by atoms with Gasteiger partial charge < -0.3 is 9.64 Å². The van der Waals surface area contributed by atoms with E-state index in [4.69, 9.17) is 4.74 Å². The maximum atomic E-state index is 12.3. The average Bonchev–Trinajstić information content (AvgIpc) is 3.01. The van der Waals surface area contributed by atoms with Gasteiger partial charge in [-0.15, -0.1) is 11.3 Å². The van der Waals surface area contributed by atoms with E-state index in [-0.39, 0.29) is 12.0 Å². The minimum absolute atomic E-state index is 0.0170. The molecule has 0 aliphatic carbocycles. The van der Waals surface area contributed by atoms with Gasteiger partial charge in [0.25, 0.3) is 5.91 Å². The average molecular weight is 353 g/mol. The van der Waals surface area contributed by atoms with Gasteiger partial charge >= 0.3 is 0 Å². The Morgan fingerprint density at radius 1 is 1.40 bits per heavy atom. The second-order valence-electron chi connectivity index (χ2n) is 4.54. The highest BCUT2D eigenvalue weighted by atomic mass is 79.9. The van der Waals surface area contributed by atoms with Crippen LogP contribution in [0.25, 0.3) is 0 Å². The van der Waals surface area contributed by atoms with E-state index >= 15 is 0 Å². The summed E-state index contributed by atoms with van der Waals surface area (Å²) in [6, 6.07) is 8.01. The third kappa shape index (κ3) is 2.92. The number of ether oxygens (including phenoxy) is 1. The maximum absolute atomic E-state index is 12.3.